The van der Waals surface area contributed by atoms with E-state index in [-0.39, 0.29) is 18.3 Å². The first-order valence-corrected chi connectivity index (χ1v) is 6.33. The van der Waals surface area contributed by atoms with E-state index in [9.17, 15) is 14.3 Å². The number of aromatic nitrogens is 1. The van der Waals surface area contributed by atoms with Gasteiger partial charge in [-0.2, -0.15) is 0 Å². The molecule has 0 spiro atoms. The molecule has 1 unspecified atom stereocenters. The lowest BCUT2D eigenvalue weighted by molar-refractivity contribution is -0.144. The molecule has 0 amide bonds. The summed E-state index contributed by atoms with van der Waals surface area (Å²) in [6.07, 6.45) is 2.92. The van der Waals surface area contributed by atoms with Crippen LogP contribution in [0.15, 0.2) is 18.3 Å². The molecule has 1 aliphatic rings. The van der Waals surface area contributed by atoms with Crippen LogP contribution in [0.4, 0.5) is 10.2 Å². The van der Waals surface area contributed by atoms with Crippen molar-refractivity contribution in [2.45, 2.75) is 12.8 Å². The summed E-state index contributed by atoms with van der Waals surface area (Å²) < 4.78 is 18.6. The summed E-state index contributed by atoms with van der Waals surface area (Å²) in [6.45, 7) is 1.35. The number of hydrogen-bond donors (Lipinski definition) is 2. The molecule has 0 saturated carbocycles. The van der Waals surface area contributed by atoms with Gasteiger partial charge in [-0.25, -0.2) is 9.37 Å². The van der Waals surface area contributed by atoms with Gasteiger partial charge in [-0.3, -0.25) is 4.79 Å². The third-order valence-electron chi connectivity index (χ3n) is 3.40. The maximum absolute atomic E-state index is 13.4. The van der Waals surface area contributed by atoms with Gasteiger partial charge in [0.1, 0.15) is 0 Å². The summed E-state index contributed by atoms with van der Waals surface area (Å²) in [5.41, 5.74) is 0. The van der Waals surface area contributed by atoms with E-state index in [4.69, 9.17) is 4.74 Å². The molecule has 1 aliphatic heterocycles. The van der Waals surface area contributed by atoms with E-state index in [2.05, 4.69) is 10.3 Å². The van der Waals surface area contributed by atoms with Gasteiger partial charge in [0, 0.05) is 26.0 Å². The molecule has 0 bridgehead atoms. The Kier molecular flexibility index (Phi) is 4.68. The Bertz CT molecular complexity index is 436. The fourth-order valence-corrected chi connectivity index (χ4v) is 2.30. The van der Waals surface area contributed by atoms with E-state index in [0.717, 1.165) is 12.8 Å². The van der Waals surface area contributed by atoms with Gasteiger partial charge < -0.3 is 15.2 Å². The third-order valence-corrected chi connectivity index (χ3v) is 3.40. The molecule has 0 aliphatic carbocycles. The largest absolute Gasteiger partial charge is 0.481 e. The van der Waals surface area contributed by atoms with Crippen molar-refractivity contribution in [3.63, 3.8) is 0 Å². The zero-order chi connectivity index (χ0) is 13.7. The van der Waals surface area contributed by atoms with Gasteiger partial charge in [0.15, 0.2) is 11.6 Å². The van der Waals surface area contributed by atoms with Crippen molar-refractivity contribution in [3.8, 4) is 0 Å². The number of anilines is 1. The zero-order valence-electron chi connectivity index (χ0n) is 10.5. The number of nitrogens with zero attached hydrogens (tertiary/aromatic N) is 1. The second kappa shape index (κ2) is 6.47. The molecule has 0 aromatic carbocycles. The highest BCUT2D eigenvalue weighted by molar-refractivity contribution is 5.71. The quantitative estimate of drug-likeness (QED) is 0.851. The topological polar surface area (TPSA) is 71.5 Å². The lowest BCUT2D eigenvalue weighted by Gasteiger charge is -2.27. The van der Waals surface area contributed by atoms with Crippen molar-refractivity contribution in [3.05, 3.63) is 24.1 Å². The predicted molar refractivity (Wildman–Crippen MR) is 67.4 cm³/mol. The van der Waals surface area contributed by atoms with E-state index in [1.807, 2.05) is 0 Å². The Morgan fingerprint density at radius 1 is 1.58 bits per heavy atom. The lowest BCUT2D eigenvalue weighted by Crippen LogP contribution is -2.34. The SMILES string of the molecule is O=C(O)C(CNc1ncccc1F)C1CCOCC1. The standard InChI is InChI=1S/C13H17FN2O3/c14-11-2-1-5-15-12(11)16-8-10(13(17)18)9-3-6-19-7-4-9/h1-2,5,9-10H,3-4,6-8H2,(H,15,16)(H,17,18). The Morgan fingerprint density at radius 2 is 2.32 bits per heavy atom. The van der Waals surface area contributed by atoms with Crippen LogP contribution >= 0.6 is 0 Å². The van der Waals surface area contributed by atoms with Gasteiger partial charge in [0.25, 0.3) is 0 Å². The van der Waals surface area contributed by atoms with Crippen molar-refractivity contribution < 1.29 is 19.0 Å². The molecule has 6 heteroatoms. The zero-order valence-corrected chi connectivity index (χ0v) is 10.5. The second-order valence-corrected chi connectivity index (χ2v) is 4.61. The smallest absolute Gasteiger partial charge is 0.308 e. The number of nitrogens with one attached hydrogen (secondary N) is 1. The summed E-state index contributed by atoms with van der Waals surface area (Å²) in [5.74, 6) is -1.73. The van der Waals surface area contributed by atoms with E-state index in [1.165, 1.54) is 18.3 Å². The number of hydrogen-bond acceptors (Lipinski definition) is 4. The molecule has 1 fully saturated rings. The van der Waals surface area contributed by atoms with Crippen molar-refractivity contribution in [2.24, 2.45) is 11.8 Å². The first-order chi connectivity index (χ1) is 9.18. The van der Waals surface area contributed by atoms with Gasteiger partial charge in [-0.15, -0.1) is 0 Å². The van der Waals surface area contributed by atoms with Crippen LogP contribution in [0.25, 0.3) is 0 Å². The number of halogens is 1. The molecule has 1 aromatic rings. The molecule has 1 aromatic heterocycles. The summed E-state index contributed by atoms with van der Waals surface area (Å²) >= 11 is 0. The molecule has 0 radical (unpaired) electrons. The van der Waals surface area contributed by atoms with Crippen molar-refractivity contribution in [2.75, 3.05) is 25.1 Å². The van der Waals surface area contributed by atoms with Crippen LogP contribution in [0.3, 0.4) is 0 Å². The van der Waals surface area contributed by atoms with Gasteiger partial charge in [0.05, 0.1) is 5.92 Å². The maximum Gasteiger partial charge on any atom is 0.308 e. The van der Waals surface area contributed by atoms with Gasteiger partial charge in [-0.1, -0.05) is 0 Å². The number of aliphatic carboxylic acids is 1. The van der Waals surface area contributed by atoms with Crippen LogP contribution in [0.5, 0.6) is 0 Å². The molecule has 1 atom stereocenters. The number of carboxylic acids is 1. The van der Waals surface area contributed by atoms with Gasteiger partial charge >= 0.3 is 5.97 Å². The van der Waals surface area contributed by atoms with E-state index in [1.54, 1.807) is 0 Å². The Balaban J connectivity index is 1.97. The van der Waals surface area contributed by atoms with Crippen molar-refractivity contribution >= 4 is 11.8 Å². The molecule has 104 valence electrons. The average molecular weight is 268 g/mol. The minimum Gasteiger partial charge on any atom is -0.481 e. The van der Waals surface area contributed by atoms with Gasteiger partial charge in [-0.05, 0) is 30.9 Å². The van der Waals surface area contributed by atoms with E-state index < -0.39 is 17.7 Å². The molecule has 5 nitrogen and oxygen atoms in total. The Morgan fingerprint density at radius 3 is 2.95 bits per heavy atom. The number of rotatable bonds is 5. The molecule has 19 heavy (non-hydrogen) atoms. The summed E-state index contributed by atoms with van der Waals surface area (Å²) in [4.78, 5) is 15.2. The minimum atomic E-state index is -0.865. The minimum absolute atomic E-state index is 0.0607. The predicted octanol–water partition coefficient (Wildman–Crippen LogP) is 1.76. The van der Waals surface area contributed by atoms with Gasteiger partial charge in [0.2, 0.25) is 0 Å². The van der Waals surface area contributed by atoms with Crippen LogP contribution in [0, 0.1) is 17.7 Å². The average Bonchev–Trinajstić information content (AvgIpc) is 2.42. The van der Waals surface area contributed by atoms with Crippen LogP contribution in [0.1, 0.15) is 12.8 Å². The maximum atomic E-state index is 13.4. The van der Waals surface area contributed by atoms with E-state index in [0.29, 0.717) is 13.2 Å². The summed E-state index contributed by atoms with van der Waals surface area (Å²) in [7, 11) is 0. The highest BCUT2D eigenvalue weighted by atomic mass is 19.1. The van der Waals surface area contributed by atoms with Crippen LogP contribution in [-0.2, 0) is 9.53 Å². The molecular weight excluding hydrogens is 251 g/mol. The summed E-state index contributed by atoms with van der Waals surface area (Å²) in [6, 6.07) is 2.78. The Labute approximate surface area is 110 Å². The molecule has 1 saturated heterocycles. The molecule has 2 heterocycles. The number of pyridine rings is 1. The third kappa shape index (κ3) is 3.64. The van der Waals surface area contributed by atoms with Crippen molar-refractivity contribution in [1.29, 1.82) is 0 Å². The van der Waals surface area contributed by atoms with Crippen molar-refractivity contribution in [1.82, 2.24) is 4.98 Å². The monoisotopic (exact) mass is 268 g/mol. The van der Waals surface area contributed by atoms with Crippen LogP contribution < -0.4 is 5.32 Å². The second-order valence-electron chi connectivity index (χ2n) is 4.61. The lowest BCUT2D eigenvalue weighted by atomic mass is 9.86. The Hall–Kier alpha value is -1.69. The fraction of sp³-hybridized carbons (Fsp3) is 0.538. The van der Waals surface area contributed by atoms with Crippen LogP contribution in [0.2, 0.25) is 0 Å². The number of ether oxygens (including phenoxy) is 1. The summed E-state index contributed by atoms with van der Waals surface area (Å²) in [5, 5.41) is 12.1. The highest BCUT2D eigenvalue weighted by Crippen LogP contribution is 2.24. The molecule has 2 N–H and O–H groups in total. The number of carbonyl (C=O) groups is 1. The highest BCUT2D eigenvalue weighted by Gasteiger charge is 2.29. The first kappa shape index (κ1) is 13.7. The molecular formula is C13H17FN2O3. The number of carboxylic acid groups (broad SMARTS) is 1. The normalized spacial score (nSPS) is 17.9. The van der Waals surface area contributed by atoms with Crippen LogP contribution in [-0.4, -0.2) is 35.8 Å². The molecule has 2 rings (SSSR count). The first-order valence-electron chi connectivity index (χ1n) is 6.33. The fourth-order valence-electron chi connectivity index (χ4n) is 2.30. The van der Waals surface area contributed by atoms with E-state index >= 15 is 0 Å².